The fourth-order valence-electron chi connectivity index (χ4n) is 6.70. The highest BCUT2D eigenvalue weighted by Gasteiger charge is 2.37. The van der Waals surface area contributed by atoms with Crippen LogP contribution in [0.25, 0.3) is 10.9 Å². The molecule has 1 aromatic heterocycles. The van der Waals surface area contributed by atoms with E-state index in [0.29, 0.717) is 95.4 Å². The Kier molecular flexibility index (Phi) is 13.0. The highest BCUT2D eigenvalue weighted by molar-refractivity contribution is 8.14. The third kappa shape index (κ3) is 9.32. The lowest BCUT2D eigenvalue weighted by Crippen LogP contribution is -2.49. The predicted octanol–water partition coefficient (Wildman–Crippen LogP) is 6.24. The van der Waals surface area contributed by atoms with E-state index < -0.39 is 12.0 Å². The number of aromatic nitrogens is 2. The maximum Gasteiger partial charge on any atom is 0.253 e. The smallest absolute Gasteiger partial charge is 0.253 e. The van der Waals surface area contributed by atoms with E-state index >= 15 is 0 Å². The van der Waals surface area contributed by atoms with Crippen molar-refractivity contribution in [3.8, 4) is 17.2 Å². The van der Waals surface area contributed by atoms with Crippen LogP contribution in [-0.2, 0) is 16.2 Å². The number of hydrogen-bond donors (Lipinski definition) is 1. The van der Waals surface area contributed by atoms with Crippen LogP contribution in [0.15, 0.2) is 97.1 Å². The number of ether oxygens (including phenoxy) is 3. The molecule has 58 heavy (non-hydrogen) atoms. The average molecular weight is 821 g/mol. The van der Waals surface area contributed by atoms with Gasteiger partial charge >= 0.3 is 0 Å². The van der Waals surface area contributed by atoms with Crippen molar-refractivity contribution in [3.05, 3.63) is 114 Å². The normalized spacial score (nSPS) is 15.8. The summed E-state index contributed by atoms with van der Waals surface area (Å²) in [6, 6.07) is 28.7. The third-order valence-corrected chi connectivity index (χ3v) is 12.2. The lowest BCUT2D eigenvalue weighted by atomic mass is 10.1. The molecule has 300 valence electrons. The van der Waals surface area contributed by atoms with Gasteiger partial charge in [0.2, 0.25) is 22.9 Å². The zero-order valence-corrected chi connectivity index (χ0v) is 34.1. The van der Waals surface area contributed by atoms with Crippen LogP contribution in [0.1, 0.15) is 33.2 Å². The van der Waals surface area contributed by atoms with Gasteiger partial charge in [0.1, 0.15) is 24.2 Å². The van der Waals surface area contributed by atoms with Crippen LogP contribution in [-0.4, -0.2) is 106 Å². The molecular weight excluding hydrogens is 777 g/mol. The topological polar surface area (TPSA) is 144 Å². The number of amides is 3. The van der Waals surface area contributed by atoms with Crippen molar-refractivity contribution < 1.29 is 33.4 Å². The number of benzene rings is 4. The number of nitrogens with one attached hydrogen (secondary N) is 1. The zero-order chi connectivity index (χ0) is 40.6. The lowest BCUT2D eigenvalue weighted by molar-refractivity contribution is -0.138. The van der Waals surface area contributed by atoms with Gasteiger partial charge in [-0.3, -0.25) is 19.2 Å². The number of rotatable bonds is 13. The second-order valence-electron chi connectivity index (χ2n) is 13.9. The molecule has 2 aliphatic rings. The predicted molar refractivity (Wildman–Crippen MR) is 227 cm³/mol. The van der Waals surface area contributed by atoms with E-state index in [1.165, 1.54) is 26.0 Å². The van der Waals surface area contributed by atoms with Crippen molar-refractivity contribution in [2.24, 2.45) is 5.92 Å². The number of fused-ring (bicyclic) bond motifs is 1. The first-order valence-electron chi connectivity index (χ1n) is 18.9. The van der Waals surface area contributed by atoms with Gasteiger partial charge in [-0.15, -0.1) is 11.8 Å². The minimum absolute atomic E-state index is 0.0808. The Balaban J connectivity index is 1.03. The minimum Gasteiger partial charge on any atom is -0.493 e. The molecular formula is C43H44N6O7S2. The SMILES string of the molecule is COc1cc2nc(N3CCN(C(=O)c4ccc(OCc5ccccc5)cc4)CC3)nc(NC(=O)C3CSCN3C(=O)C(C)CSC(=O)c3ccccc3)c2cc1OC. The number of methoxy groups -OCH3 is 2. The summed E-state index contributed by atoms with van der Waals surface area (Å²) in [5.41, 5.74) is 2.73. The van der Waals surface area contributed by atoms with Crippen LogP contribution in [0.2, 0.25) is 0 Å². The maximum absolute atomic E-state index is 14.0. The summed E-state index contributed by atoms with van der Waals surface area (Å²) >= 11 is 2.59. The van der Waals surface area contributed by atoms with Crippen molar-refractivity contribution in [1.29, 1.82) is 0 Å². The highest BCUT2D eigenvalue weighted by Crippen LogP contribution is 2.36. The largest absolute Gasteiger partial charge is 0.493 e. The molecule has 2 fully saturated rings. The molecule has 2 atom stereocenters. The van der Waals surface area contributed by atoms with Gasteiger partial charge in [-0.1, -0.05) is 79.3 Å². The quantitative estimate of drug-likeness (QED) is 0.144. The zero-order valence-electron chi connectivity index (χ0n) is 32.5. The molecule has 2 saturated heterocycles. The molecule has 2 unspecified atom stereocenters. The molecule has 5 aromatic rings. The van der Waals surface area contributed by atoms with Crippen molar-refractivity contribution in [3.63, 3.8) is 0 Å². The van der Waals surface area contributed by atoms with Crippen molar-refractivity contribution in [2.75, 3.05) is 68.0 Å². The number of carbonyl (C=O) groups excluding carboxylic acids is 4. The molecule has 0 radical (unpaired) electrons. The van der Waals surface area contributed by atoms with Crippen LogP contribution >= 0.6 is 23.5 Å². The van der Waals surface area contributed by atoms with Crippen molar-refractivity contribution in [2.45, 2.75) is 19.6 Å². The van der Waals surface area contributed by atoms with Crippen molar-refractivity contribution >= 4 is 69.0 Å². The molecule has 0 saturated carbocycles. The van der Waals surface area contributed by atoms with E-state index in [4.69, 9.17) is 24.2 Å². The van der Waals surface area contributed by atoms with Gasteiger partial charge < -0.3 is 34.2 Å². The molecule has 3 amide bonds. The molecule has 3 heterocycles. The highest BCUT2D eigenvalue weighted by atomic mass is 32.2. The number of hydrogen-bond acceptors (Lipinski definition) is 12. The van der Waals surface area contributed by atoms with Gasteiger partial charge in [0.25, 0.3) is 5.91 Å². The Morgan fingerprint density at radius 2 is 1.52 bits per heavy atom. The molecule has 0 spiro atoms. The summed E-state index contributed by atoms with van der Waals surface area (Å²) in [6.07, 6.45) is 0. The number of nitrogens with zero attached hydrogens (tertiary/aromatic N) is 5. The summed E-state index contributed by atoms with van der Waals surface area (Å²) in [5.74, 6) is 2.14. The summed E-state index contributed by atoms with van der Waals surface area (Å²) < 4.78 is 17.0. The maximum atomic E-state index is 14.0. The minimum atomic E-state index is -0.748. The first-order chi connectivity index (χ1) is 28.2. The second-order valence-corrected chi connectivity index (χ2v) is 15.8. The summed E-state index contributed by atoms with van der Waals surface area (Å²) in [5, 5.41) is 3.44. The Morgan fingerprint density at radius 3 is 2.21 bits per heavy atom. The van der Waals surface area contributed by atoms with Gasteiger partial charge in [0.05, 0.1) is 25.6 Å². The molecule has 0 bridgehead atoms. The fourth-order valence-corrected chi connectivity index (χ4v) is 8.71. The summed E-state index contributed by atoms with van der Waals surface area (Å²) in [7, 11) is 3.06. The Hall–Kier alpha value is -5.80. The average Bonchev–Trinajstić information content (AvgIpc) is 3.78. The lowest BCUT2D eigenvalue weighted by Gasteiger charge is -2.35. The number of thioether (sulfide) groups is 2. The van der Waals surface area contributed by atoms with Crippen LogP contribution in [0.5, 0.6) is 17.2 Å². The van der Waals surface area contributed by atoms with E-state index in [1.807, 2.05) is 53.4 Å². The van der Waals surface area contributed by atoms with Gasteiger partial charge in [-0.2, -0.15) is 4.98 Å². The Morgan fingerprint density at radius 1 is 0.845 bits per heavy atom. The van der Waals surface area contributed by atoms with Gasteiger partial charge in [-0.05, 0) is 35.9 Å². The Bertz CT molecular complexity index is 2260. The first-order valence-corrected chi connectivity index (χ1v) is 21.0. The molecule has 15 heteroatoms. The van der Waals surface area contributed by atoms with E-state index in [1.54, 1.807) is 65.3 Å². The van der Waals surface area contributed by atoms with E-state index in [0.717, 1.165) is 17.3 Å². The Labute approximate surface area is 345 Å². The summed E-state index contributed by atoms with van der Waals surface area (Å²) in [4.78, 5) is 68.9. The number of anilines is 2. The second kappa shape index (κ2) is 18.6. The molecule has 13 nitrogen and oxygen atoms in total. The third-order valence-electron chi connectivity index (χ3n) is 9.99. The number of carbonyl (C=O) groups is 4. The van der Waals surface area contributed by atoms with Crippen molar-refractivity contribution in [1.82, 2.24) is 19.8 Å². The van der Waals surface area contributed by atoms with E-state index in [2.05, 4.69) is 5.32 Å². The van der Waals surface area contributed by atoms with Crippen LogP contribution < -0.4 is 24.4 Å². The van der Waals surface area contributed by atoms with Gasteiger partial charge in [0.15, 0.2) is 11.5 Å². The van der Waals surface area contributed by atoms with Gasteiger partial charge in [0, 0.05) is 66.2 Å². The van der Waals surface area contributed by atoms with Crippen LogP contribution in [0.4, 0.5) is 11.8 Å². The van der Waals surface area contributed by atoms with E-state index in [-0.39, 0.29) is 28.7 Å². The van der Waals surface area contributed by atoms with E-state index in [9.17, 15) is 19.2 Å². The molecule has 7 rings (SSSR count). The molecule has 0 aliphatic carbocycles. The number of piperazine rings is 1. The molecule has 2 aliphatic heterocycles. The summed E-state index contributed by atoms with van der Waals surface area (Å²) in [6.45, 7) is 4.01. The standard InChI is InChI=1S/C43H44N6O7S2/c1-28(25-58-42(53)31-12-8-5-9-13-31)40(51)49-27-57-26-35(49)39(50)45-38-33-22-36(54-2)37(55-3)23-34(33)44-43(46-38)48-20-18-47(19-21-48)41(52)30-14-16-32(17-15-30)56-24-29-10-6-4-7-11-29/h4-17,22-23,28,35H,18-21,24-27H2,1-3H3,(H,44,45,46,50). The van der Waals surface area contributed by atoms with Gasteiger partial charge in [-0.25, -0.2) is 4.98 Å². The molecule has 1 N–H and O–H groups in total. The first kappa shape index (κ1) is 40.4. The molecule has 4 aromatic carbocycles. The van der Waals surface area contributed by atoms with Crippen LogP contribution in [0.3, 0.4) is 0 Å². The monoisotopic (exact) mass is 820 g/mol. The fraction of sp³-hybridized carbons (Fsp3) is 0.302. The van der Waals surface area contributed by atoms with Crippen LogP contribution in [0, 0.1) is 5.92 Å².